The number of halogens is 1. The Kier molecular flexibility index (Phi) is 3.79. The molecule has 1 aromatic carbocycles. The van der Waals surface area contributed by atoms with Crippen molar-refractivity contribution in [1.29, 1.82) is 0 Å². The van der Waals surface area contributed by atoms with Crippen LogP contribution < -0.4 is 10.6 Å². The maximum absolute atomic E-state index is 11.7. The minimum absolute atomic E-state index is 0.211. The SMILES string of the molecule is CNC(=O)c1ccc(Cl)nc1Nc1ccccc1. The second-order valence-electron chi connectivity index (χ2n) is 3.60. The summed E-state index contributed by atoms with van der Waals surface area (Å²) < 4.78 is 0. The van der Waals surface area contributed by atoms with Crippen LogP contribution in [0.15, 0.2) is 42.5 Å². The number of amides is 1. The predicted octanol–water partition coefficient (Wildman–Crippen LogP) is 2.84. The lowest BCUT2D eigenvalue weighted by atomic mass is 10.2. The molecule has 2 N–H and O–H groups in total. The number of carbonyl (C=O) groups is 1. The minimum Gasteiger partial charge on any atom is -0.355 e. The summed E-state index contributed by atoms with van der Waals surface area (Å²) in [5.41, 5.74) is 1.29. The number of carbonyl (C=O) groups excluding carboxylic acids is 1. The van der Waals surface area contributed by atoms with Crippen LogP contribution >= 0.6 is 11.6 Å². The van der Waals surface area contributed by atoms with Crippen molar-refractivity contribution in [2.45, 2.75) is 0 Å². The molecule has 0 atom stereocenters. The van der Waals surface area contributed by atoms with E-state index in [2.05, 4.69) is 15.6 Å². The van der Waals surface area contributed by atoms with Crippen LogP contribution in [0.5, 0.6) is 0 Å². The largest absolute Gasteiger partial charge is 0.355 e. The van der Waals surface area contributed by atoms with E-state index >= 15 is 0 Å². The summed E-state index contributed by atoms with van der Waals surface area (Å²) in [4.78, 5) is 15.8. The Morgan fingerprint density at radius 1 is 1.17 bits per heavy atom. The minimum atomic E-state index is -0.211. The van der Waals surface area contributed by atoms with Gasteiger partial charge in [0.2, 0.25) is 0 Å². The van der Waals surface area contributed by atoms with Crippen molar-refractivity contribution in [2.24, 2.45) is 0 Å². The van der Waals surface area contributed by atoms with Crippen molar-refractivity contribution in [3.05, 3.63) is 53.2 Å². The first kappa shape index (κ1) is 12.4. The van der Waals surface area contributed by atoms with Crippen LogP contribution in [0, 0.1) is 0 Å². The average Bonchev–Trinajstić information content (AvgIpc) is 2.39. The summed E-state index contributed by atoms with van der Waals surface area (Å²) in [5, 5.41) is 5.97. The lowest BCUT2D eigenvalue weighted by Crippen LogP contribution is -2.19. The fraction of sp³-hybridized carbons (Fsp3) is 0.0769. The highest BCUT2D eigenvalue weighted by atomic mass is 35.5. The van der Waals surface area contributed by atoms with E-state index < -0.39 is 0 Å². The Balaban J connectivity index is 2.36. The molecule has 0 unspecified atom stereocenters. The molecule has 2 rings (SSSR count). The summed E-state index contributed by atoms with van der Waals surface area (Å²) >= 11 is 5.85. The number of para-hydroxylation sites is 1. The number of nitrogens with zero attached hydrogens (tertiary/aromatic N) is 1. The average molecular weight is 262 g/mol. The van der Waals surface area contributed by atoms with Crippen LogP contribution in [0.4, 0.5) is 11.5 Å². The highest BCUT2D eigenvalue weighted by molar-refractivity contribution is 6.29. The third kappa shape index (κ3) is 2.78. The fourth-order valence-corrected chi connectivity index (χ4v) is 1.65. The molecular formula is C13H12ClN3O. The number of hydrogen-bond donors (Lipinski definition) is 2. The molecule has 0 fully saturated rings. The summed E-state index contributed by atoms with van der Waals surface area (Å²) in [6.45, 7) is 0. The maximum atomic E-state index is 11.7. The third-order valence-electron chi connectivity index (χ3n) is 2.37. The van der Waals surface area contributed by atoms with E-state index in [9.17, 15) is 4.79 Å². The van der Waals surface area contributed by atoms with E-state index in [1.807, 2.05) is 30.3 Å². The summed E-state index contributed by atoms with van der Waals surface area (Å²) in [6.07, 6.45) is 0. The van der Waals surface area contributed by atoms with E-state index in [0.717, 1.165) is 5.69 Å². The van der Waals surface area contributed by atoms with Gasteiger partial charge in [0.25, 0.3) is 5.91 Å². The fourth-order valence-electron chi connectivity index (χ4n) is 1.51. The van der Waals surface area contributed by atoms with Crippen LogP contribution in [-0.2, 0) is 0 Å². The molecule has 0 saturated heterocycles. The van der Waals surface area contributed by atoms with Crippen LogP contribution in [0.25, 0.3) is 0 Å². The molecule has 1 amide bonds. The highest BCUT2D eigenvalue weighted by Gasteiger charge is 2.12. The van der Waals surface area contributed by atoms with Crippen molar-refractivity contribution in [1.82, 2.24) is 10.3 Å². The molecule has 0 aliphatic heterocycles. The highest BCUT2D eigenvalue weighted by Crippen LogP contribution is 2.20. The molecule has 0 bridgehead atoms. The molecule has 18 heavy (non-hydrogen) atoms. The number of nitrogens with one attached hydrogen (secondary N) is 2. The van der Waals surface area contributed by atoms with Crippen molar-refractivity contribution in [3.63, 3.8) is 0 Å². The number of aromatic nitrogens is 1. The summed E-state index contributed by atoms with van der Waals surface area (Å²) in [5.74, 6) is 0.227. The van der Waals surface area contributed by atoms with Gasteiger partial charge in [0.05, 0.1) is 5.56 Å². The Hall–Kier alpha value is -2.07. The zero-order valence-electron chi connectivity index (χ0n) is 9.77. The number of anilines is 2. The van der Waals surface area contributed by atoms with E-state index in [4.69, 9.17) is 11.6 Å². The Morgan fingerprint density at radius 3 is 2.56 bits per heavy atom. The summed E-state index contributed by atoms with van der Waals surface area (Å²) in [6, 6.07) is 12.7. The van der Waals surface area contributed by atoms with Crippen molar-refractivity contribution in [2.75, 3.05) is 12.4 Å². The van der Waals surface area contributed by atoms with Gasteiger partial charge < -0.3 is 10.6 Å². The van der Waals surface area contributed by atoms with Gasteiger partial charge in [-0.3, -0.25) is 4.79 Å². The molecule has 0 spiro atoms. The van der Waals surface area contributed by atoms with Crippen LogP contribution in [0.1, 0.15) is 10.4 Å². The molecule has 0 aliphatic rings. The molecule has 1 heterocycles. The van der Waals surface area contributed by atoms with Gasteiger partial charge in [0.1, 0.15) is 11.0 Å². The van der Waals surface area contributed by atoms with Gasteiger partial charge in [0.15, 0.2) is 0 Å². The normalized spacial score (nSPS) is 9.89. The topological polar surface area (TPSA) is 54.0 Å². The third-order valence-corrected chi connectivity index (χ3v) is 2.58. The zero-order chi connectivity index (χ0) is 13.0. The van der Waals surface area contributed by atoms with Crippen LogP contribution in [-0.4, -0.2) is 17.9 Å². The summed E-state index contributed by atoms with van der Waals surface area (Å²) in [7, 11) is 1.57. The van der Waals surface area contributed by atoms with Gasteiger partial charge >= 0.3 is 0 Å². The number of rotatable bonds is 3. The zero-order valence-corrected chi connectivity index (χ0v) is 10.5. The molecule has 2 aromatic rings. The first-order valence-corrected chi connectivity index (χ1v) is 5.79. The van der Waals surface area contributed by atoms with E-state index in [-0.39, 0.29) is 5.91 Å². The van der Waals surface area contributed by atoms with Gasteiger partial charge in [-0.15, -0.1) is 0 Å². The Morgan fingerprint density at radius 2 is 1.89 bits per heavy atom. The second kappa shape index (κ2) is 5.51. The van der Waals surface area contributed by atoms with Crippen molar-refractivity contribution in [3.8, 4) is 0 Å². The lowest BCUT2D eigenvalue weighted by molar-refractivity contribution is 0.0963. The van der Waals surface area contributed by atoms with E-state index in [0.29, 0.717) is 16.5 Å². The predicted molar refractivity (Wildman–Crippen MR) is 72.4 cm³/mol. The quantitative estimate of drug-likeness (QED) is 0.836. The molecule has 0 radical (unpaired) electrons. The standard InChI is InChI=1S/C13H12ClN3O/c1-15-13(18)10-7-8-11(14)17-12(10)16-9-5-3-2-4-6-9/h2-8H,1H3,(H,15,18)(H,16,17). The van der Waals surface area contributed by atoms with Crippen molar-refractivity contribution < 1.29 is 4.79 Å². The Bertz CT molecular complexity index is 557. The molecule has 5 heteroatoms. The lowest BCUT2D eigenvalue weighted by Gasteiger charge is -2.10. The Labute approximate surface area is 110 Å². The van der Waals surface area contributed by atoms with E-state index in [1.165, 1.54) is 0 Å². The van der Waals surface area contributed by atoms with Gasteiger partial charge in [-0.25, -0.2) is 4.98 Å². The van der Waals surface area contributed by atoms with E-state index in [1.54, 1.807) is 19.2 Å². The van der Waals surface area contributed by atoms with Crippen LogP contribution in [0.3, 0.4) is 0 Å². The van der Waals surface area contributed by atoms with Crippen molar-refractivity contribution >= 4 is 29.0 Å². The number of benzene rings is 1. The first-order valence-electron chi connectivity index (χ1n) is 5.41. The first-order chi connectivity index (χ1) is 8.70. The van der Waals surface area contributed by atoms with Gasteiger partial charge in [-0.1, -0.05) is 29.8 Å². The molecule has 0 saturated carbocycles. The molecule has 0 aliphatic carbocycles. The molecule has 92 valence electrons. The molecule has 4 nitrogen and oxygen atoms in total. The van der Waals surface area contributed by atoms with Gasteiger partial charge in [0, 0.05) is 12.7 Å². The number of pyridine rings is 1. The molecule has 1 aromatic heterocycles. The second-order valence-corrected chi connectivity index (χ2v) is 3.99. The van der Waals surface area contributed by atoms with Crippen LogP contribution in [0.2, 0.25) is 5.15 Å². The smallest absolute Gasteiger partial charge is 0.254 e. The molecular weight excluding hydrogens is 250 g/mol. The number of hydrogen-bond acceptors (Lipinski definition) is 3. The maximum Gasteiger partial charge on any atom is 0.254 e. The monoisotopic (exact) mass is 261 g/mol. The van der Waals surface area contributed by atoms with Gasteiger partial charge in [-0.2, -0.15) is 0 Å². The van der Waals surface area contributed by atoms with Gasteiger partial charge in [-0.05, 0) is 24.3 Å².